The maximum absolute atomic E-state index is 10.9. The van der Waals surface area contributed by atoms with Crippen molar-refractivity contribution in [3.63, 3.8) is 0 Å². The van der Waals surface area contributed by atoms with Crippen molar-refractivity contribution < 1.29 is 38.7 Å². The van der Waals surface area contributed by atoms with Crippen LogP contribution in [0.15, 0.2) is 12.7 Å². The molecule has 1 unspecified atom stereocenters. The number of carboxylic acids is 1. The Hall–Kier alpha value is -1.21. The van der Waals surface area contributed by atoms with Gasteiger partial charge in [0.2, 0.25) is 0 Å². The van der Waals surface area contributed by atoms with E-state index in [9.17, 15) is 9.59 Å². The van der Waals surface area contributed by atoms with Gasteiger partial charge in [0.1, 0.15) is 0 Å². The SMILES string of the molecule is C=CC(=O)OC(CCCCCCCC)C(=O)O.O=P(O)(O)O. The molecule has 0 aliphatic carbocycles. The van der Waals surface area contributed by atoms with E-state index in [4.69, 9.17) is 29.1 Å². The van der Waals surface area contributed by atoms with Crippen LogP contribution in [0.3, 0.4) is 0 Å². The van der Waals surface area contributed by atoms with Gasteiger partial charge in [-0.25, -0.2) is 14.2 Å². The molecule has 0 spiro atoms. The molecule has 0 radical (unpaired) electrons. The lowest BCUT2D eigenvalue weighted by atomic mass is 10.1. The van der Waals surface area contributed by atoms with Gasteiger partial charge in [-0.1, -0.05) is 45.6 Å². The normalized spacial score (nSPS) is 11.8. The molecule has 9 heteroatoms. The summed E-state index contributed by atoms with van der Waals surface area (Å²) in [6, 6.07) is 0. The summed E-state index contributed by atoms with van der Waals surface area (Å²) in [6.07, 6.45) is 6.77. The molecule has 0 amide bonds. The number of ether oxygens (including phenoxy) is 1. The van der Waals surface area contributed by atoms with Gasteiger partial charge in [0.15, 0.2) is 6.10 Å². The summed E-state index contributed by atoms with van der Waals surface area (Å²) in [7, 11) is -4.64. The van der Waals surface area contributed by atoms with Gasteiger partial charge < -0.3 is 24.5 Å². The number of phosphoric acid groups is 1. The molecule has 130 valence electrons. The van der Waals surface area contributed by atoms with E-state index in [1.165, 1.54) is 19.3 Å². The van der Waals surface area contributed by atoms with Crippen LogP contribution in [-0.2, 0) is 18.9 Å². The molecule has 0 aliphatic rings. The first kappa shape index (κ1) is 23.1. The highest BCUT2D eigenvalue weighted by Gasteiger charge is 2.20. The fourth-order valence-electron chi connectivity index (χ4n) is 1.53. The Labute approximate surface area is 130 Å². The van der Waals surface area contributed by atoms with E-state index in [-0.39, 0.29) is 0 Å². The van der Waals surface area contributed by atoms with Crippen molar-refractivity contribution in [2.75, 3.05) is 0 Å². The molecule has 0 rings (SSSR count). The average molecular weight is 340 g/mol. The van der Waals surface area contributed by atoms with E-state index in [1.807, 2.05) is 0 Å². The predicted molar refractivity (Wildman–Crippen MR) is 80.0 cm³/mol. The Kier molecular flexibility index (Phi) is 14.1. The van der Waals surface area contributed by atoms with Gasteiger partial charge in [-0.3, -0.25) is 0 Å². The third kappa shape index (κ3) is 21.1. The van der Waals surface area contributed by atoms with E-state index in [0.29, 0.717) is 6.42 Å². The maximum Gasteiger partial charge on any atom is 0.466 e. The van der Waals surface area contributed by atoms with E-state index in [2.05, 4.69) is 13.5 Å². The molecule has 0 bridgehead atoms. The second-order valence-corrected chi connectivity index (χ2v) is 5.56. The predicted octanol–water partition coefficient (Wildman–Crippen LogP) is 1.99. The number of hydrogen-bond donors (Lipinski definition) is 4. The van der Waals surface area contributed by atoms with E-state index >= 15 is 0 Å². The molecule has 0 aromatic carbocycles. The smallest absolute Gasteiger partial charge is 0.466 e. The lowest BCUT2D eigenvalue weighted by Gasteiger charge is -2.12. The molecule has 8 nitrogen and oxygen atoms in total. The highest BCUT2D eigenvalue weighted by atomic mass is 31.2. The van der Waals surface area contributed by atoms with Crippen molar-refractivity contribution in [3.8, 4) is 0 Å². The Balaban J connectivity index is 0. The summed E-state index contributed by atoms with van der Waals surface area (Å²) in [5, 5.41) is 8.85. The summed E-state index contributed by atoms with van der Waals surface area (Å²) >= 11 is 0. The maximum atomic E-state index is 10.9. The number of hydrogen-bond acceptors (Lipinski definition) is 4. The van der Waals surface area contributed by atoms with Gasteiger partial charge in [-0.05, 0) is 12.8 Å². The minimum atomic E-state index is -4.64. The van der Waals surface area contributed by atoms with Crippen molar-refractivity contribution >= 4 is 19.8 Å². The minimum absolute atomic E-state index is 0.376. The molecular formula is C13H25O8P. The van der Waals surface area contributed by atoms with Crippen LogP contribution in [0.2, 0.25) is 0 Å². The molecule has 4 N–H and O–H groups in total. The third-order valence-corrected chi connectivity index (χ3v) is 2.52. The van der Waals surface area contributed by atoms with E-state index in [0.717, 1.165) is 25.3 Å². The van der Waals surface area contributed by atoms with Gasteiger partial charge in [-0.2, -0.15) is 0 Å². The number of carboxylic acid groups (broad SMARTS) is 1. The Morgan fingerprint density at radius 1 is 1.14 bits per heavy atom. The number of aliphatic carboxylic acids is 1. The van der Waals surface area contributed by atoms with Crippen molar-refractivity contribution in [2.45, 2.75) is 58.0 Å². The van der Waals surface area contributed by atoms with Crippen LogP contribution >= 0.6 is 7.82 Å². The summed E-state index contributed by atoms with van der Waals surface area (Å²) in [4.78, 5) is 43.3. The minimum Gasteiger partial charge on any atom is -0.479 e. The van der Waals surface area contributed by atoms with Crippen molar-refractivity contribution in [2.24, 2.45) is 0 Å². The van der Waals surface area contributed by atoms with Crippen molar-refractivity contribution in [1.29, 1.82) is 0 Å². The molecule has 0 saturated heterocycles. The first-order valence-electron chi connectivity index (χ1n) is 6.96. The van der Waals surface area contributed by atoms with Crippen LogP contribution in [0.25, 0.3) is 0 Å². The number of unbranched alkanes of at least 4 members (excludes halogenated alkanes) is 5. The van der Waals surface area contributed by atoms with Crippen LogP contribution < -0.4 is 0 Å². The molecule has 0 aromatic rings. The van der Waals surface area contributed by atoms with Crippen molar-refractivity contribution in [3.05, 3.63) is 12.7 Å². The van der Waals surface area contributed by atoms with Gasteiger partial charge in [0.05, 0.1) is 0 Å². The van der Waals surface area contributed by atoms with Gasteiger partial charge >= 0.3 is 19.8 Å². The van der Waals surface area contributed by atoms with Crippen molar-refractivity contribution in [1.82, 2.24) is 0 Å². The first-order chi connectivity index (χ1) is 10.1. The largest absolute Gasteiger partial charge is 0.479 e. The Morgan fingerprint density at radius 3 is 2.00 bits per heavy atom. The standard InChI is InChI=1S/C13H22O4.H3O4P/c1-3-5-6-7-8-9-10-11(13(15)16)17-12(14)4-2;1-5(2,3)4/h4,11H,2-3,5-10H2,1H3,(H,15,16);(H3,1,2,3,4). The Bertz CT molecular complexity index is 368. The van der Waals surface area contributed by atoms with Crippen LogP contribution in [0.4, 0.5) is 0 Å². The fourth-order valence-corrected chi connectivity index (χ4v) is 1.53. The summed E-state index contributed by atoms with van der Waals surface area (Å²) in [5.74, 6) is -1.77. The number of esters is 1. The molecule has 0 aliphatic heterocycles. The van der Waals surface area contributed by atoms with Crippen LogP contribution in [0.1, 0.15) is 51.9 Å². The topological polar surface area (TPSA) is 141 Å². The number of carbonyl (C=O) groups is 2. The van der Waals surface area contributed by atoms with Gasteiger partial charge in [0, 0.05) is 6.08 Å². The van der Waals surface area contributed by atoms with Gasteiger partial charge in [-0.15, -0.1) is 0 Å². The zero-order valence-corrected chi connectivity index (χ0v) is 13.6. The highest BCUT2D eigenvalue weighted by Crippen LogP contribution is 2.25. The molecule has 0 saturated carbocycles. The zero-order chi connectivity index (χ0) is 17.6. The molecule has 1 atom stereocenters. The van der Waals surface area contributed by atoms with Gasteiger partial charge in [0.25, 0.3) is 0 Å². The second-order valence-electron chi connectivity index (χ2n) is 4.54. The lowest BCUT2D eigenvalue weighted by molar-refractivity contribution is -0.161. The molecule has 0 fully saturated rings. The summed E-state index contributed by atoms with van der Waals surface area (Å²) in [5.41, 5.74) is 0. The summed E-state index contributed by atoms with van der Waals surface area (Å²) < 4.78 is 13.6. The first-order valence-corrected chi connectivity index (χ1v) is 8.52. The quantitative estimate of drug-likeness (QED) is 0.205. The average Bonchev–Trinajstić information content (AvgIpc) is 2.38. The Morgan fingerprint density at radius 2 is 1.59 bits per heavy atom. The van der Waals surface area contributed by atoms with Crippen LogP contribution in [0, 0.1) is 0 Å². The second kappa shape index (κ2) is 13.5. The van der Waals surface area contributed by atoms with E-state index in [1.54, 1.807) is 0 Å². The monoisotopic (exact) mass is 340 g/mol. The molecular weight excluding hydrogens is 315 g/mol. The van der Waals surface area contributed by atoms with E-state index < -0.39 is 25.9 Å². The van der Waals surface area contributed by atoms with Crippen LogP contribution in [0.5, 0.6) is 0 Å². The number of carbonyl (C=O) groups excluding carboxylic acids is 1. The summed E-state index contributed by atoms with van der Waals surface area (Å²) in [6.45, 7) is 5.38. The molecule has 0 aromatic heterocycles. The zero-order valence-electron chi connectivity index (χ0n) is 12.7. The van der Waals surface area contributed by atoms with Crippen LogP contribution in [-0.4, -0.2) is 37.8 Å². The number of rotatable bonds is 10. The third-order valence-electron chi connectivity index (χ3n) is 2.52. The fraction of sp³-hybridized carbons (Fsp3) is 0.692. The molecule has 22 heavy (non-hydrogen) atoms. The lowest BCUT2D eigenvalue weighted by Crippen LogP contribution is -2.26. The highest BCUT2D eigenvalue weighted by molar-refractivity contribution is 7.45. The molecule has 0 heterocycles.